The van der Waals surface area contributed by atoms with Gasteiger partial charge in [-0.2, -0.15) is 4.98 Å². The van der Waals surface area contributed by atoms with Crippen molar-refractivity contribution in [3.63, 3.8) is 0 Å². The minimum absolute atomic E-state index is 0.186. The molecule has 0 saturated carbocycles. The zero-order chi connectivity index (χ0) is 14.0. The largest absolute Gasteiger partial charge is 0.479 e. The van der Waals surface area contributed by atoms with E-state index in [1.165, 1.54) is 0 Å². The molecule has 1 aromatic carbocycles. The highest BCUT2D eigenvalue weighted by Crippen LogP contribution is 2.25. The van der Waals surface area contributed by atoms with Crippen LogP contribution in [-0.4, -0.2) is 37.8 Å². The molecule has 2 aromatic rings. The Morgan fingerprint density at radius 1 is 1.53 bits per heavy atom. The molecule has 0 radical (unpaired) electrons. The highest BCUT2D eigenvalue weighted by Gasteiger charge is 2.15. The number of rotatable bonds is 4. The van der Waals surface area contributed by atoms with Gasteiger partial charge in [0.1, 0.15) is 0 Å². The summed E-state index contributed by atoms with van der Waals surface area (Å²) in [5.41, 5.74) is 1.55. The van der Waals surface area contributed by atoms with Crippen LogP contribution in [0, 0.1) is 6.92 Å². The van der Waals surface area contributed by atoms with Crippen LogP contribution in [0.4, 0.5) is 0 Å². The number of benzene rings is 1. The molecule has 19 heavy (non-hydrogen) atoms. The van der Waals surface area contributed by atoms with Crippen LogP contribution in [0.3, 0.4) is 0 Å². The number of carboxylic acids is 1. The minimum Gasteiger partial charge on any atom is -0.479 e. The standard InChI is InChI=1S/C11H10BrN3O4/c1-6-4-7(12)2-3-8(6)10-13-11(14-15(10)18)19-5-9(16)17/h2-4,18H,5H2,1H3,(H,16,17). The van der Waals surface area contributed by atoms with E-state index in [2.05, 4.69) is 26.0 Å². The predicted molar refractivity (Wildman–Crippen MR) is 68.2 cm³/mol. The number of hydrogen-bond acceptors (Lipinski definition) is 5. The molecule has 2 N–H and O–H groups in total. The van der Waals surface area contributed by atoms with E-state index < -0.39 is 12.6 Å². The first-order valence-electron chi connectivity index (χ1n) is 5.25. The first-order chi connectivity index (χ1) is 8.97. The topological polar surface area (TPSA) is 97.5 Å². The second-order valence-electron chi connectivity index (χ2n) is 3.75. The molecule has 0 bridgehead atoms. The van der Waals surface area contributed by atoms with E-state index in [1.54, 1.807) is 12.1 Å². The van der Waals surface area contributed by atoms with Gasteiger partial charge in [-0.25, -0.2) is 4.79 Å². The first kappa shape index (κ1) is 13.3. The lowest BCUT2D eigenvalue weighted by molar-refractivity contribution is -0.139. The van der Waals surface area contributed by atoms with Gasteiger partial charge in [0.25, 0.3) is 0 Å². The van der Waals surface area contributed by atoms with Crippen LogP contribution in [0.5, 0.6) is 6.01 Å². The van der Waals surface area contributed by atoms with Crippen LogP contribution in [0.15, 0.2) is 22.7 Å². The Morgan fingerprint density at radius 2 is 2.26 bits per heavy atom. The lowest BCUT2D eigenvalue weighted by Crippen LogP contribution is -2.10. The number of aromatic nitrogens is 3. The molecule has 0 aliphatic carbocycles. The van der Waals surface area contributed by atoms with Crippen LogP contribution in [0.1, 0.15) is 5.56 Å². The molecule has 0 saturated heterocycles. The third kappa shape index (κ3) is 3.02. The van der Waals surface area contributed by atoms with Crippen LogP contribution in [0.2, 0.25) is 0 Å². The number of carbonyl (C=O) groups is 1. The van der Waals surface area contributed by atoms with Gasteiger partial charge in [0.2, 0.25) is 5.82 Å². The number of aliphatic carboxylic acids is 1. The molecule has 0 unspecified atom stereocenters. The third-order valence-corrected chi connectivity index (χ3v) is 2.82. The molecule has 1 heterocycles. The van der Waals surface area contributed by atoms with Gasteiger partial charge in [-0.15, -0.1) is 0 Å². The monoisotopic (exact) mass is 327 g/mol. The van der Waals surface area contributed by atoms with Gasteiger partial charge in [-0.1, -0.05) is 25.9 Å². The molecule has 0 fully saturated rings. The summed E-state index contributed by atoms with van der Waals surface area (Å²) < 4.78 is 5.71. The van der Waals surface area contributed by atoms with Gasteiger partial charge in [-0.3, -0.25) is 0 Å². The van der Waals surface area contributed by atoms with Gasteiger partial charge >= 0.3 is 12.0 Å². The fourth-order valence-corrected chi connectivity index (χ4v) is 1.99. The van der Waals surface area contributed by atoms with Gasteiger partial charge in [0, 0.05) is 10.0 Å². The minimum atomic E-state index is -1.14. The quantitative estimate of drug-likeness (QED) is 0.830. The summed E-state index contributed by atoms with van der Waals surface area (Å²) in [6.07, 6.45) is 0. The van der Waals surface area contributed by atoms with E-state index in [0.29, 0.717) is 10.4 Å². The molecular weight excluding hydrogens is 318 g/mol. The highest BCUT2D eigenvalue weighted by atomic mass is 79.9. The second kappa shape index (κ2) is 5.27. The van der Waals surface area contributed by atoms with E-state index in [9.17, 15) is 10.0 Å². The second-order valence-corrected chi connectivity index (χ2v) is 4.66. The molecular formula is C11H10BrN3O4. The van der Waals surface area contributed by atoms with Crippen molar-refractivity contribution >= 4 is 21.9 Å². The SMILES string of the molecule is Cc1cc(Br)ccc1-c1nc(OCC(=O)O)nn1O. The summed E-state index contributed by atoms with van der Waals surface area (Å²) in [7, 11) is 0. The molecule has 0 spiro atoms. The maximum Gasteiger partial charge on any atom is 0.341 e. The van der Waals surface area contributed by atoms with Crippen molar-refractivity contribution in [3.8, 4) is 17.4 Å². The van der Waals surface area contributed by atoms with Crippen molar-refractivity contribution in [2.24, 2.45) is 0 Å². The maximum atomic E-state index is 10.4. The van der Waals surface area contributed by atoms with Crippen molar-refractivity contribution in [1.82, 2.24) is 14.9 Å². The molecule has 1 aromatic heterocycles. The van der Waals surface area contributed by atoms with Gasteiger partial charge in [-0.05, 0) is 30.7 Å². The number of ether oxygens (including phenoxy) is 1. The van der Waals surface area contributed by atoms with Gasteiger partial charge < -0.3 is 15.1 Å². The number of hydrogen-bond donors (Lipinski definition) is 2. The smallest absolute Gasteiger partial charge is 0.341 e. The van der Waals surface area contributed by atoms with Crippen molar-refractivity contribution < 1.29 is 19.8 Å². The molecule has 0 atom stereocenters. The van der Waals surface area contributed by atoms with E-state index in [0.717, 1.165) is 10.0 Å². The summed E-state index contributed by atoms with van der Waals surface area (Å²) in [5, 5.41) is 21.7. The Morgan fingerprint density at radius 3 is 2.89 bits per heavy atom. The molecule has 8 heteroatoms. The Labute approximate surface area is 116 Å². The average molecular weight is 328 g/mol. The zero-order valence-corrected chi connectivity index (χ0v) is 11.5. The van der Waals surface area contributed by atoms with Crippen molar-refractivity contribution in [2.75, 3.05) is 6.61 Å². The van der Waals surface area contributed by atoms with Crippen molar-refractivity contribution in [2.45, 2.75) is 6.92 Å². The van der Waals surface area contributed by atoms with E-state index in [4.69, 9.17) is 9.84 Å². The van der Waals surface area contributed by atoms with E-state index in [-0.39, 0.29) is 11.8 Å². The molecule has 0 aliphatic rings. The van der Waals surface area contributed by atoms with Crippen LogP contribution < -0.4 is 4.74 Å². The van der Waals surface area contributed by atoms with E-state index >= 15 is 0 Å². The highest BCUT2D eigenvalue weighted by molar-refractivity contribution is 9.10. The van der Waals surface area contributed by atoms with Crippen LogP contribution in [0.25, 0.3) is 11.4 Å². The number of nitrogens with zero attached hydrogens (tertiary/aromatic N) is 3. The Balaban J connectivity index is 2.32. The lowest BCUT2D eigenvalue weighted by atomic mass is 10.1. The summed E-state index contributed by atoms with van der Waals surface area (Å²) in [4.78, 5) is 14.9. The van der Waals surface area contributed by atoms with Crippen molar-refractivity contribution in [1.29, 1.82) is 0 Å². The summed E-state index contributed by atoms with van der Waals surface area (Å²) in [5.74, 6) is -0.957. The Kier molecular flexibility index (Phi) is 3.70. The summed E-state index contributed by atoms with van der Waals surface area (Å²) in [6, 6.07) is 5.23. The Hall–Kier alpha value is -2.09. The average Bonchev–Trinajstić information content (AvgIpc) is 2.68. The lowest BCUT2D eigenvalue weighted by Gasteiger charge is -2.03. The van der Waals surface area contributed by atoms with Crippen LogP contribution in [-0.2, 0) is 4.79 Å². The number of halogens is 1. The fraction of sp³-hybridized carbons (Fsp3) is 0.182. The van der Waals surface area contributed by atoms with Gasteiger partial charge in [0.05, 0.1) is 0 Å². The third-order valence-electron chi connectivity index (χ3n) is 2.33. The first-order valence-corrected chi connectivity index (χ1v) is 6.04. The van der Waals surface area contributed by atoms with Crippen molar-refractivity contribution in [3.05, 3.63) is 28.2 Å². The normalized spacial score (nSPS) is 10.4. The molecule has 100 valence electrons. The fourth-order valence-electron chi connectivity index (χ4n) is 1.52. The number of carboxylic acid groups (broad SMARTS) is 1. The molecule has 0 aliphatic heterocycles. The summed E-state index contributed by atoms with van der Waals surface area (Å²) in [6.45, 7) is 1.29. The molecule has 2 rings (SSSR count). The van der Waals surface area contributed by atoms with Crippen LogP contribution >= 0.6 is 15.9 Å². The molecule has 7 nitrogen and oxygen atoms in total. The van der Waals surface area contributed by atoms with E-state index in [1.807, 2.05) is 13.0 Å². The predicted octanol–water partition coefficient (Wildman–Crippen LogP) is 1.72. The number of aryl methyl sites for hydroxylation is 1. The van der Waals surface area contributed by atoms with Gasteiger partial charge in [0.15, 0.2) is 6.61 Å². The zero-order valence-electron chi connectivity index (χ0n) is 9.87. The Bertz CT molecular complexity index is 626. The maximum absolute atomic E-state index is 10.4. The molecule has 0 amide bonds. The summed E-state index contributed by atoms with van der Waals surface area (Å²) >= 11 is 3.34.